The van der Waals surface area contributed by atoms with Gasteiger partial charge in [-0.15, -0.1) is 11.3 Å². The first-order valence-corrected chi connectivity index (χ1v) is 10.9. The van der Waals surface area contributed by atoms with Gasteiger partial charge in [-0.3, -0.25) is 9.48 Å². The van der Waals surface area contributed by atoms with E-state index in [1.54, 1.807) is 11.3 Å². The van der Waals surface area contributed by atoms with Gasteiger partial charge in [-0.2, -0.15) is 5.10 Å². The topological polar surface area (TPSA) is 82.2 Å². The smallest absolute Gasteiger partial charge is 0.250 e. The Balaban J connectivity index is 1.31. The zero-order valence-corrected chi connectivity index (χ0v) is 18.7. The molecule has 0 atom stereocenters. The number of carbonyl (C=O) groups is 1. The molecule has 0 aliphatic carbocycles. The lowest BCUT2D eigenvalue weighted by Gasteiger charge is -2.08. The summed E-state index contributed by atoms with van der Waals surface area (Å²) in [5.74, 6) is 0.441. The highest BCUT2D eigenvalue weighted by Crippen LogP contribution is 2.25. The maximum Gasteiger partial charge on any atom is 0.250 e. The van der Waals surface area contributed by atoms with Crippen molar-refractivity contribution in [1.29, 1.82) is 0 Å². The summed E-state index contributed by atoms with van der Waals surface area (Å²) in [6.45, 7) is 4.48. The van der Waals surface area contributed by atoms with Crippen molar-refractivity contribution in [1.82, 2.24) is 14.9 Å². The summed E-state index contributed by atoms with van der Waals surface area (Å²) < 4.78 is 12.7. The quantitative estimate of drug-likeness (QED) is 0.400. The van der Waals surface area contributed by atoms with Crippen LogP contribution in [0.3, 0.4) is 0 Å². The first kappa shape index (κ1) is 21.3. The molecule has 3 aromatic heterocycles. The van der Waals surface area contributed by atoms with E-state index in [1.807, 2.05) is 66.4 Å². The number of anilines is 1. The van der Waals surface area contributed by atoms with Crippen molar-refractivity contribution in [2.45, 2.75) is 27.0 Å². The van der Waals surface area contributed by atoms with Crippen LogP contribution in [-0.4, -0.2) is 27.5 Å². The maximum atomic E-state index is 12.4. The molecule has 1 N–H and O–H groups in total. The Bertz CT molecular complexity index is 1170. The Morgan fingerprint density at radius 1 is 1.26 bits per heavy atom. The highest BCUT2D eigenvalue weighted by molar-refractivity contribution is 7.13. The standard InChI is InChI=1S/C22H21ClN4O3S/c1-14-22(15(2)27(25-14)11-16-5-7-17(23)8-6-16)24-21(28)13-29-12-18-10-19(30-26-18)20-4-3-9-31-20/h3-10H,11-13H2,1-2H3,(H,24,28). The van der Waals surface area contributed by atoms with Gasteiger partial charge >= 0.3 is 0 Å². The minimum Gasteiger partial charge on any atom is -0.365 e. The molecule has 3 heterocycles. The Hall–Kier alpha value is -2.94. The van der Waals surface area contributed by atoms with Crippen LogP contribution in [0.25, 0.3) is 10.6 Å². The van der Waals surface area contributed by atoms with E-state index in [0.29, 0.717) is 28.7 Å². The number of nitrogens with zero attached hydrogens (tertiary/aromatic N) is 3. The van der Waals surface area contributed by atoms with Gasteiger partial charge in [-0.25, -0.2) is 0 Å². The molecule has 0 unspecified atom stereocenters. The van der Waals surface area contributed by atoms with E-state index in [4.69, 9.17) is 20.9 Å². The van der Waals surface area contributed by atoms with Crippen LogP contribution in [0.2, 0.25) is 5.02 Å². The summed E-state index contributed by atoms with van der Waals surface area (Å²) in [5.41, 5.74) is 4.03. The second-order valence-electron chi connectivity index (χ2n) is 7.03. The van der Waals surface area contributed by atoms with Crippen molar-refractivity contribution < 1.29 is 14.1 Å². The normalized spacial score (nSPS) is 11.1. The second kappa shape index (κ2) is 9.47. The number of hydrogen-bond acceptors (Lipinski definition) is 6. The van der Waals surface area contributed by atoms with Gasteiger partial charge in [0.15, 0.2) is 5.76 Å². The summed E-state index contributed by atoms with van der Waals surface area (Å²) in [4.78, 5) is 13.4. The first-order chi connectivity index (χ1) is 15.0. The van der Waals surface area contributed by atoms with Crippen LogP contribution in [0.15, 0.2) is 52.4 Å². The van der Waals surface area contributed by atoms with E-state index in [2.05, 4.69) is 15.6 Å². The second-order valence-corrected chi connectivity index (χ2v) is 8.41. The summed E-state index contributed by atoms with van der Waals surface area (Å²) in [6, 6.07) is 13.3. The van der Waals surface area contributed by atoms with Gasteiger partial charge in [-0.1, -0.05) is 35.0 Å². The molecule has 0 saturated carbocycles. The Kier molecular flexibility index (Phi) is 6.50. The van der Waals surface area contributed by atoms with Crippen LogP contribution < -0.4 is 5.32 Å². The van der Waals surface area contributed by atoms with Gasteiger partial charge < -0.3 is 14.6 Å². The lowest BCUT2D eigenvalue weighted by molar-refractivity contribution is -0.121. The van der Waals surface area contributed by atoms with E-state index >= 15 is 0 Å². The van der Waals surface area contributed by atoms with Gasteiger partial charge in [0.1, 0.15) is 12.3 Å². The van der Waals surface area contributed by atoms with Crippen molar-refractivity contribution in [3.05, 3.63) is 75.5 Å². The number of ether oxygens (including phenoxy) is 1. The third-order valence-electron chi connectivity index (χ3n) is 4.70. The van der Waals surface area contributed by atoms with Gasteiger partial charge in [0, 0.05) is 11.1 Å². The average molecular weight is 457 g/mol. The average Bonchev–Trinajstić information content (AvgIpc) is 3.48. The molecule has 0 saturated heterocycles. The third-order valence-corrected chi connectivity index (χ3v) is 5.83. The predicted octanol–water partition coefficient (Wildman–Crippen LogP) is 5.07. The predicted molar refractivity (Wildman–Crippen MR) is 120 cm³/mol. The van der Waals surface area contributed by atoms with Gasteiger partial charge in [0.05, 0.1) is 35.1 Å². The largest absolute Gasteiger partial charge is 0.365 e. The van der Waals surface area contributed by atoms with E-state index in [0.717, 1.165) is 21.8 Å². The fourth-order valence-corrected chi connectivity index (χ4v) is 3.93. The minimum absolute atomic E-state index is 0.0948. The maximum absolute atomic E-state index is 12.4. The molecule has 9 heteroatoms. The Labute approximate surface area is 188 Å². The van der Waals surface area contributed by atoms with Gasteiger partial charge in [0.25, 0.3) is 0 Å². The van der Waals surface area contributed by atoms with Crippen molar-refractivity contribution in [2.75, 3.05) is 11.9 Å². The number of thiophene rings is 1. The van der Waals surface area contributed by atoms with Crippen LogP contribution in [0, 0.1) is 13.8 Å². The van der Waals surface area contributed by atoms with Crippen molar-refractivity contribution in [2.24, 2.45) is 0 Å². The summed E-state index contributed by atoms with van der Waals surface area (Å²) in [5, 5.41) is 14.1. The SMILES string of the molecule is Cc1nn(Cc2ccc(Cl)cc2)c(C)c1NC(=O)COCc1cc(-c2cccs2)on1. The molecule has 7 nitrogen and oxygen atoms in total. The van der Waals surface area contributed by atoms with Gasteiger partial charge in [0.2, 0.25) is 5.91 Å². The number of aromatic nitrogens is 3. The number of hydrogen-bond donors (Lipinski definition) is 1. The molecule has 1 aromatic carbocycles. The Morgan fingerprint density at radius 2 is 2.06 bits per heavy atom. The Morgan fingerprint density at radius 3 is 2.81 bits per heavy atom. The fourth-order valence-electron chi connectivity index (χ4n) is 3.13. The molecule has 0 aliphatic heterocycles. The number of halogens is 1. The lowest BCUT2D eigenvalue weighted by atomic mass is 10.2. The molecule has 0 aliphatic rings. The van der Waals surface area contributed by atoms with Gasteiger partial charge in [-0.05, 0) is 43.0 Å². The number of aryl methyl sites for hydroxylation is 1. The summed E-state index contributed by atoms with van der Waals surface area (Å²) in [7, 11) is 0. The highest BCUT2D eigenvalue weighted by Gasteiger charge is 2.15. The first-order valence-electron chi connectivity index (χ1n) is 9.65. The van der Waals surface area contributed by atoms with E-state index < -0.39 is 0 Å². The summed E-state index contributed by atoms with van der Waals surface area (Å²) >= 11 is 7.52. The zero-order chi connectivity index (χ0) is 21.8. The molecular weight excluding hydrogens is 436 g/mol. The number of nitrogens with one attached hydrogen (secondary N) is 1. The molecule has 0 fully saturated rings. The number of amides is 1. The van der Waals surface area contributed by atoms with Crippen LogP contribution in [0.5, 0.6) is 0 Å². The molecule has 0 spiro atoms. The van der Waals surface area contributed by atoms with E-state index in [9.17, 15) is 4.79 Å². The molecule has 160 valence electrons. The van der Waals surface area contributed by atoms with Crippen LogP contribution in [0.1, 0.15) is 22.6 Å². The molecule has 4 aromatic rings. The molecular formula is C22H21ClN4O3S. The number of carbonyl (C=O) groups excluding carboxylic acids is 1. The van der Waals surface area contributed by atoms with Crippen molar-refractivity contribution in [3.63, 3.8) is 0 Å². The monoisotopic (exact) mass is 456 g/mol. The minimum atomic E-state index is -0.251. The number of benzene rings is 1. The molecule has 0 radical (unpaired) electrons. The van der Waals surface area contributed by atoms with Crippen LogP contribution in [0.4, 0.5) is 5.69 Å². The van der Waals surface area contributed by atoms with E-state index in [1.165, 1.54) is 0 Å². The zero-order valence-electron chi connectivity index (χ0n) is 17.1. The lowest BCUT2D eigenvalue weighted by Crippen LogP contribution is -2.19. The molecule has 4 rings (SSSR count). The molecule has 1 amide bonds. The van der Waals surface area contributed by atoms with E-state index in [-0.39, 0.29) is 19.1 Å². The van der Waals surface area contributed by atoms with Crippen LogP contribution in [-0.2, 0) is 22.7 Å². The van der Waals surface area contributed by atoms with Crippen molar-refractivity contribution >= 4 is 34.5 Å². The highest BCUT2D eigenvalue weighted by atomic mass is 35.5. The van der Waals surface area contributed by atoms with Crippen molar-refractivity contribution in [3.8, 4) is 10.6 Å². The van der Waals surface area contributed by atoms with Crippen LogP contribution >= 0.6 is 22.9 Å². The third kappa shape index (κ3) is 5.22. The molecule has 31 heavy (non-hydrogen) atoms. The number of rotatable bonds is 8. The summed E-state index contributed by atoms with van der Waals surface area (Å²) in [6.07, 6.45) is 0. The molecule has 0 bridgehead atoms. The fraction of sp³-hybridized carbons (Fsp3) is 0.227.